The Morgan fingerprint density at radius 3 is 2.74 bits per heavy atom. The summed E-state index contributed by atoms with van der Waals surface area (Å²) < 4.78 is 0. The van der Waals surface area contributed by atoms with E-state index in [2.05, 4.69) is 22.0 Å². The van der Waals surface area contributed by atoms with Gasteiger partial charge in [-0.3, -0.25) is 19.7 Å². The van der Waals surface area contributed by atoms with Crippen LogP contribution >= 0.6 is 0 Å². The van der Waals surface area contributed by atoms with Gasteiger partial charge in [0.25, 0.3) is 5.91 Å². The van der Waals surface area contributed by atoms with Gasteiger partial charge in [-0.2, -0.15) is 0 Å². The van der Waals surface area contributed by atoms with E-state index in [1.807, 2.05) is 12.1 Å². The zero-order chi connectivity index (χ0) is 18.5. The Morgan fingerprint density at radius 2 is 1.96 bits per heavy atom. The maximum absolute atomic E-state index is 12.8. The summed E-state index contributed by atoms with van der Waals surface area (Å²) in [4.78, 5) is 38.0. The van der Waals surface area contributed by atoms with E-state index < -0.39 is 6.04 Å². The first-order valence-corrected chi connectivity index (χ1v) is 9.80. The molecule has 0 bridgehead atoms. The van der Waals surface area contributed by atoms with Crippen molar-refractivity contribution in [3.63, 3.8) is 0 Å². The Kier molecular flexibility index (Phi) is 4.02. The molecule has 2 unspecified atom stereocenters. The highest BCUT2D eigenvalue weighted by Gasteiger charge is 2.52. The molecule has 1 aliphatic carbocycles. The molecule has 3 fully saturated rings. The van der Waals surface area contributed by atoms with E-state index in [0.717, 1.165) is 55.1 Å². The molecule has 2 saturated heterocycles. The quantitative estimate of drug-likeness (QED) is 0.637. The fraction of sp³-hybridized carbons (Fsp3) is 0.550. The number of fused-ring (bicyclic) bond motifs is 2. The first kappa shape index (κ1) is 16.9. The van der Waals surface area contributed by atoms with Crippen LogP contribution in [0.3, 0.4) is 0 Å². The van der Waals surface area contributed by atoms with Gasteiger partial charge in [0.05, 0.1) is 0 Å². The zero-order valence-corrected chi connectivity index (χ0v) is 15.2. The molecule has 4 aliphatic rings. The van der Waals surface area contributed by atoms with Crippen molar-refractivity contribution >= 4 is 17.7 Å². The van der Waals surface area contributed by atoms with Gasteiger partial charge in [0.1, 0.15) is 6.04 Å². The summed E-state index contributed by atoms with van der Waals surface area (Å²) in [5.41, 5.74) is 2.82. The van der Waals surface area contributed by atoms with Gasteiger partial charge < -0.3 is 15.5 Å². The van der Waals surface area contributed by atoms with Crippen molar-refractivity contribution in [3.05, 3.63) is 34.9 Å². The van der Waals surface area contributed by atoms with Gasteiger partial charge in [-0.15, -0.1) is 0 Å². The standard InChI is InChI=1S/C20H24N4O3/c25-18-5-4-17(19(26)23-18)24-10-16-11(2-1-3-12(16)20(24)27)6-21-7-13-14-8-22-9-15(13)14/h1-3,13-15,17,21-22H,4-10H2,(H,23,25,26)/t13?,14-,15+,17?. The molecule has 4 atom stereocenters. The third-order valence-corrected chi connectivity index (χ3v) is 6.64. The molecule has 3 aliphatic heterocycles. The summed E-state index contributed by atoms with van der Waals surface area (Å²) in [6.45, 7) is 4.49. The molecule has 0 radical (unpaired) electrons. The van der Waals surface area contributed by atoms with E-state index in [0.29, 0.717) is 18.5 Å². The van der Waals surface area contributed by atoms with Crippen molar-refractivity contribution in [3.8, 4) is 0 Å². The van der Waals surface area contributed by atoms with Crippen molar-refractivity contribution in [2.75, 3.05) is 19.6 Å². The van der Waals surface area contributed by atoms with Crippen LogP contribution in [0.5, 0.6) is 0 Å². The van der Waals surface area contributed by atoms with Gasteiger partial charge in [-0.05, 0) is 61.0 Å². The molecule has 0 spiro atoms. The van der Waals surface area contributed by atoms with Crippen molar-refractivity contribution in [1.82, 2.24) is 20.9 Å². The molecule has 1 aromatic carbocycles. The lowest BCUT2D eigenvalue weighted by Gasteiger charge is -2.29. The molecule has 3 N–H and O–H groups in total. The van der Waals surface area contributed by atoms with Gasteiger partial charge in [0, 0.05) is 25.1 Å². The van der Waals surface area contributed by atoms with Gasteiger partial charge in [-0.25, -0.2) is 0 Å². The number of nitrogens with zero attached hydrogens (tertiary/aromatic N) is 1. The highest BCUT2D eigenvalue weighted by Crippen LogP contribution is 2.48. The molecule has 27 heavy (non-hydrogen) atoms. The van der Waals surface area contributed by atoms with Crippen molar-refractivity contribution in [2.45, 2.75) is 32.0 Å². The minimum Gasteiger partial charge on any atom is -0.322 e. The number of rotatable bonds is 5. The van der Waals surface area contributed by atoms with Crippen LogP contribution < -0.4 is 16.0 Å². The fourth-order valence-corrected chi connectivity index (χ4v) is 5.04. The molecular weight excluding hydrogens is 344 g/mol. The van der Waals surface area contributed by atoms with E-state index in [4.69, 9.17) is 0 Å². The van der Waals surface area contributed by atoms with Crippen LogP contribution in [0, 0.1) is 17.8 Å². The van der Waals surface area contributed by atoms with Crippen molar-refractivity contribution in [2.24, 2.45) is 17.8 Å². The summed E-state index contributed by atoms with van der Waals surface area (Å²) in [7, 11) is 0. The maximum atomic E-state index is 12.8. The van der Waals surface area contributed by atoms with Crippen LogP contribution in [0.15, 0.2) is 18.2 Å². The monoisotopic (exact) mass is 368 g/mol. The Balaban J connectivity index is 1.26. The van der Waals surface area contributed by atoms with Gasteiger partial charge in [0.2, 0.25) is 11.8 Å². The van der Waals surface area contributed by atoms with E-state index in [1.54, 1.807) is 4.90 Å². The van der Waals surface area contributed by atoms with Crippen LogP contribution in [0.1, 0.15) is 34.3 Å². The molecular formula is C20H24N4O3. The van der Waals surface area contributed by atoms with Gasteiger partial charge in [-0.1, -0.05) is 12.1 Å². The minimum absolute atomic E-state index is 0.107. The lowest BCUT2D eigenvalue weighted by atomic mass is 10.0. The number of hydrogen-bond acceptors (Lipinski definition) is 5. The minimum atomic E-state index is -0.554. The van der Waals surface area contributed by atoms with E-state index in [9.17, 15) is 14.4 Å². The summed E-state index contributed by atoms with van der Waals surface area (Å²) >= 11 is 0. The maximum Gasteiger partial charge on any atom is 0.255 e. The lowest BCUT2D eigenvalue weighted by molar-refractivity contribution is -0.136. The Labute approximate surface area is 157 Å². The molecule has 3 heterocycles. The van der Waals surface area contributed by atoms with Crippen LogP contribution in [0.2, 0.25) is 0 Å². The number of hydrogen-bond donors (Lipinski definition) is 3. The lowest BCUT2D eigenvalue weighted by Crippen LogP contribution is -2.52. The van der Waals surface area contributed by atoms with Crippen LogP contribution in [-0.4, -0.2) is 48.3 Å². The molecule has 7 heteroatoms. The third kappa shape index (κ3) is 2.85. The van der Waals surface area contributed by atoms with Crippen LogP contribution in [-0.2, 0) is 22.7 Å². The normalized spacial score (nSPS) is 31.7. The fourth-order valence-electron chi connectivity index (χ4n) is 5.04. The molecule has 3 amide bonds. The Bertz CT molecular complexity index is 813. The molecule has 1 saturated carbocycles. The van der Waals surface area contributed by atoms with Crippen LogP contribution in [0.4, 0.5) is 0 Å². The zero-order valence-electron chi connectivity index (χ0n) is 15.2. The van der Waals surface area contributed by atoms with E-state index in [-0.39, 0.29) is 24.1 Å². The second kappa shape index (κ2) is 6.42. The number of carbonyl (C=O) groups excluding carboxylic acids is 3. The smallest absolute Gasteiger partial charge is 0.255 e. The third-order valence-electron chi connectivity index (χ3n) is 6.64. The average molecular weight is 368 g/mol. The number of nitrogens with one attached hydrogen (secondary N) is 3. The number of imide groups is 1. The van der Waals surface area contributed by atoms with Gasteiger partial charge >= 0.3 is 0 Å². The summed E-state index contributed by atoms with van der Waals surface area (Å²) in [5, 5.41) is 9.33. The topological polar surface area (TPSA) is 90.5 Å². The summed E-state index contributed by atoms with van der Waals surface area (Å²) in [5.74, 6) is 1.73. The van der Waals surface area contributed by atoms with E-state index >= 15 is 0 Å². The number of piperidine rings is 2. The predicted molar refractivity (Wildman–Crippen MR) is 97.5 cm³/mol. The molecule has 142 valence electrons. The summed E-state index contributed by atoms with van der Waals surface area (Å²) in [6, 6.07) is 5.26. The average Bonchev–Trinajstić information content (AvgIpc) is 2.97. The van der Waals surface area contributed by atoms with Gasteiger partial charge in [0.15, 0.2) is 0 Å². The predicted octanol–water partition coefficient (Wildman–Crippen LogP) is 0.00260. The molecule has 1 aromatic rings. The highest BCUT2D eigenvalue weighted by atomic mass is 16.2. The highest BCUT2D eigenvalue weighted by molar-refractivity contribution is 6.05. The number of benzene rings is 1. The SMILES string of the molecule is O=C1CCC(N2Cc3c(CNCC4[C@H]5CNC[C@@H]45)cccc3C2=O)C(=O)N1. The van der Waals surface area contributed by atoms with Crippen molar-refractivity contribution in [1.29, 1.82) is 0 Å². The number of amides is 3. The Morgan fingerprint density at radius 1 is 1.15 bits per heavy atom. The molecule has 5 rings (SSSR count). The van der Waals surface area contributed by atoms with Crippen molar-refractivity contribution < 1.29 is 14.4 Å². The Hall–Kier alpha value is -2.25. The second-order valence-corrected chi connectivity index (χ2v) is 8.12. The first-order chi connectivity index (χ1) is 13.1. The van der Waals surface area contributed by atoms with Crippen LogP contribution in [0.25, 0.3) is 0 Å². The first-order valence-electron chi connectivity index (χ1n) is 9.80. The molecule has 7 nitrogen and oxygen atoms in total. The second-order valence-electron chi connectivity index (χ2n) is 8.12. The largest absolute Gasteiger partial charge is 0.322 e. The number of carbonyl (C=O) groups is 3. The summed E-state index contributed by atoms with van der Waals surface area (Å²) in [6.07, 6.45) is 0.681. The van der Waals surface area contributed by atoms with E-state index in [1.165, 1.54) is 0 Å². The molecule has 0 aromatic heterocycles.